The molecule has 0 atom stereocenters. The third-order valence-corrected chi connectivity index (χ3v) is 4.37. The number of hydrogen-bond acceptors (Lipinski definition) is 6. The minimum absolute atomic E-state index is 0.000570. The number of hydrogen-bond donors (Lipinski definition) is 0. The summed E-state index contributed by atoms with van der Waals surface area (Å²) in [7, 11) is 0. The van der Waals surface area contributed by atoms with Gasteiger partial charge in [0, 0.05) is 23.4 Å². The zero-order chi connectivity index (χ0) is 21.7. The van der Waals surface area contributed by atoms with Gasteiger partial charge in [0.05, 0.1) is 29.9 Å². The van der Waals surface area contributed by atoms with Crippen LogP contribution in [0.15, 0.2) is 65.3 Å². The number of ether oxygens (including phenoxy) is 1. The summed E-state index contributed by atoms with van der Waals surface area (Å²) in [4.78, 5) is 37.7. The molecule has 154 valence electrons. The van der Waals surface area contributed by atoms with Gasteiger partial charge in [-0.3, -0.25) is 14.9 Å². The summed E-state index contributed by atoms with van der Waals surface area (Å²) in [6.45, 7) is 3.78. The van der Waals surface area contributed by atoms with Crippen molar-refractivity contribution in [2.45, 2.75) is 20.4 Å². The van der Waals surface area contributed by atoms with E-state index < -0.39 is 16.8 Å². The number of rotatable bonds is 7. The van der Waals surface area contributed by atoms with Crippen LogP contribution in [0.1, 0.15) is 39.0 Å². The maximum atomic E-state index is 13.4. The number of nitro groups is 1. The van der Waals surface area contributed by atoms with Crippen molar-refractivity contribution < 1.29 is 23.7 Å². The van der Waals surface area contributed by atoms with E-state index in [1.165, 1.54) is 17.2 Å². The summed E-state index contributed by atoms with van der Waals surface area (Å²) >= 11 is 0. The van der Waals surface area contributed by atoms with Crippen LogP contribution in [0.25, 0.3) is 0 Å². The maximum absolute atomic E-state index is 13.4. The highest BCUT2D eigenvalue weighted by molar-refractivity contribution is 6.07. The summed E-state index contributed by atoms with van der Waals surface area (Å²) < 4.78 is 10.3. The molecule has 2 aromatic carbocycles. The highest BCUT2D eigenvalue weighted by Crippen LogP contribution is 2.24. The van der Waals surface area contributed by atoms with Crippen LogP contribution in [-0.2, 0) is 11.3 Å². The van der Waals surface area contributed by atoms with Gasteiger partial charge in [-0.1, -0.05) is 17.7 Å². The Hall–Kier alpha value is -3.94. The molecule has 0 saturated carbocycles. The summed E-state index contributed by atoms with van der Waals surface area (Å²) in [5.74, 6) is -0.701. The summed E-state index contributed by atoms with van der Waals surface area (Å²) in [5.41, 5.74) is 1.18. The van der Waals surface area contributed by atoms with Crippen molar-refractivity contribution in [2.24, 2.45) is 0 Å². The Morgan fingerprint density at radius 3 is 2.40 bits per heavy atom. The number of esters is 1. The van der Waals surface area contributed by atoms with Gasteiger partial charge in [0.2, 0.25) is 0 Å². The number of carbonyl (C=O) groups is 2. The van der Waals surface area contributed by atoms with Gasteiger partial charge in [-0.2, -0.15) is 0 Å². The SMILES string of the molecule is CCOC(=O)c1cc(C(=O)N(Cc2ccco2)c2ccc(C)cc2)cc([N+](=O)[O-])c1. The van der Waals surface area contributed by atoms with E-state index in [1.807, 2.05) is 19.1 Å². The van der Waals surface area contributed by atoms with Crippen LogP contribution < -0.4 is 4.90 Å². The fraction of sp³-hybridized carbons (Fsp3) is 0.182. The number of non-ortho nitro benzene ring substituents is 1. The molecule has 0 saturated heterocycles. The molecule has 0 radical (unpaired) electrons. The van der Waals surface area contributed by atoms with Gasteiger partial charge in [0.1, 0.15) is 5.76 Å². The van der Waals surface area contributed by atoms with E-state index in [9.17, 15) is 19.7 Å². The largest absolute Gasteiger partial charge is 0.467 e. The number of aryl methyl sites for hydroxylation is 1. The third-order valence-electron chi connectivity index (χ3n) is 4.37. The Balaban J connectivity index is 2.05. The fourth-order valence-electron chi connectivity index (χ4n) is 2.89. The van der Waals surface area contributed by atoms with Crippen LogP contribution in [0.2, 0.25) is 0 Å². The van der Waals surface area contributed by atoms with Gasteiger partial charge in [-0.15, -0.1) is 0 Å². The van der Waals surface area contributed by atoms with Crippen LogP contribution in [0.4, 0.5) is 11.4 Å². The van der Waals surface area contributed by atoms with Crippen molar-refractivity contribution in [3.8, 4) is 0 Å². The molecule has 8 nitrogen and oxygen atoms in total. The van der Waals surface area contributed by atoms with Crippen molar-refractivity contribution in [1.82, 2.24) is 0 Å². The number of benzene rings is 2. The van der Waals surface area contributed by atoms with E-state index in [0.717, 1.165) is 17.7 Å². The lowest BCUT2D eigenvalue weighted by atomic mass is 10.1. The van der Waals surface area contributed by atoms with Gasteiger partial charge in [-0.25, -0.2) is 4.79 Å². The Morgan fingerprint density at radius 2 is 1.80 bits per heavy atom. The van der Waals surface area contributed by atoms with Crippen molar-refractivity contribution in [1.29, 1.82) is 0 Å². The third kappa shape index (κ3) is 4.72. The van der Waals surface area contributed by atoms with Crippen molar-refractivity contribution in [3.05, 3.63) is 93.4 Å². The first kappa shape index (κ1) is 20.8. The van der Waals surface area contributed by atoms with E-state index in [0.29, 0.717) is 11.4 Å². The maximum Gasteiger partial charge on any atom is 0.338 e. The van der Waals surface area contributed by atoms with E-state index >= 15 is 0 Å². The average molecular weight is 408 g/mol. The zero-order valence-electron chi connectivity index (χ0n) is 16.5. The number of amides is 1. The first-order valence-electron chi connectivity index (χ1n) is 9.26. The molecule has 3 rings (SSSR count). The predicted molar refractivity (Wildman–Crippen MR) is 109 cm³/mol. The van der Waals surface area contributed by atoms with Gasteiger partial charge >= 0.3 is 5.97 Å². The molecule has 0 aliphatic carbocycles. The van der Waals surface area contributed by atoms with Gasteiger partial charge < -0.3 is 14.1 Å². The number of nitrogens with zero attached hydrogens (tertiary/aromatic N) is 2. The van der Waals surface area contributed by atoms with Gasteiger partial charge in [-0.05, 0) is 44.2 Å². The molecule has 8 heteroatoms. The van der Waals surface area contributed by atoms with Crippen LogP contribution in [0.3, 0.4) is 0 Å². The topological polar surface area (TPSA) is 103 Å². The fourth-order valence-corrected chi connectivity index (χ4v) is 2.89. The lowest BCUT2D eigenvalue weighted by Crippen LogP contribution is -2.30. The highest BCUT2D eigenvalue weighted by atomic mass is 16.6. The Kier molecular flexibility index (Phi) is 6.26. The average Bonchev–Trinajstić information content (AvgIpc) is 3.25. The smallest absolute Gasteiger partial charge is 0.338 e. The second kappa shape index (κ2) is 9.04. The molecule has 0 aliphatic rings. The Morgan fingerprint density at radius 1 is 1.10 bits per heavy atom. The molecule has 0 unspecified atom stereocenters. The second-order valence-corrected chi connectivity index (χ2v) is 6.55. The van der Waals surface area contributed by atoms with Crippen LogP contribution in [-0.4, -0.2) is 23.4 Å². The van der Waals surface area contributed by atoms with E-state index in [1.54, 1.807) is 31.2 Å². The molecule has 30 heavy (non-hydrogen) atoms. The van der Waals surface area contributed by atoms with Crippen LogP contribution >= 0.6 is 0 Å². The normalized spacial score (nSPS) is 10.5. The first-order valence-corrected chi connectivity index (χ1v) is 9.26. The second-order valence-electron chi connectivity index (χ2n) is 6.55. The quantitative estimate of drug-likeness (QED) is 0.323. The molecule has 0 aliphatic heterocycles. The molecule has 0 N–H and O–H groups in total. The zero-order valence-corrected chi connectivity index (χ0v) is 16.5. The molecular weight excluding hydrogens is 388 g/mol. The molecule has 1 aromatic heterocycles. The van der Waals surface area contributed by atoms with E-state index in [2.05, 4.69) is 0 Å². The minimum atomic E-state index is -0.733. The van der Waals surface area contributed by atoms with E-state index in [-0.39, 0.29) is 30.0 Å². The van der Waals surface area contributed by atoms with Crippen molar-refractivity contribution in [2.75, 3.05) is 11.5 Å². The van der Waals surface area contributed by atoms with Crippen LogP contribution in [0, 0.1) is 17.0 Å². The summed E-state index contributed by atoms with van der Waals surface area (Å²) in [6, 6.07) is 14.2. The molecule has 0 fully saturated rings. The Labute approximate surface area is 172 Å². The summed E-state index contributed by atoms with van der Waals surface area (Å²) in [5, 5.41) is 11.4. The standard InChI is InChI=1S/C22H20N2O6/c1-3-29-22(26)17-11-16(12-19(13-17)24(27)28)21(25)23(14-20-5-4-10-30-20)18-8-6-15(2)7-9-18/h4-13H,3,14H2,1-2H3. The lowest BCUT2D eigenvalue weighted by molar-refractivity contribution is -0.384. The van der Waals surface area contributed by atoms with Gasteiger partial charge in [0.25, 0.3) is 11.6 Å². The Bertz CT molecular complexity index is 1060. The predicted octanol–water partition coefficient (Wildman–Crippen LogP) is 4.52. The van der Waals surface area contributed by atoms with Gasteiger partial charge in [0.15, 0.2) is 0 Å². The monoisotopic (exact) mass is 408 g/mol. The van der Waals surface area contributed by atoms with Crippen LogP contribution in [0.5, 0.6) is 0 Å². The first-order chi connectivity index (χ1) is 14.4. The lowest BCUT2D eigenvalue weighted by Gasteiger charge is -2.22. The minimum Gasteiger partial charge on any atom is -0.467 e. The molecule has 1 amide bonds. The molecular formula is C22H20N2O6. The number of nitro benzene ring substituents is 1. The molecule has 0 spiro atoms. The number of carbonyl (C=O) groups excluding carboxylic acids is 2. The number of furan rings is 1. The van der Waals surface area contributed by atoms with Crippen molar-refractivity contribution in [3.63, 3.8) is 0 Å². The summed E-state index contributed by atoms with van der Waals surface area (Å²) in [6.07, 6.45) is 1.50. The molecule has 0 bridgehead atoms. The highest BCUT2D eigenvalue weighted by Gasteiger charge is 2.24. The van der Waals surface area contributed by atoms with E-state index in [4.69, 9.17) is 9.15 Å². The van der Waals surface area contributed by atoms with Crippen molar-refractivity contribution >= 4 is 23.3 Å². The molecule has 3 aromatic rings. The number of anilines is 1. The molecule has 1 heterocycles.